The van der Waals surface area contributed by atoms with Crippen molar-refractivity contribution in [3.05, 3.63) is 95.8 Å². The molecule has 0 aliphatic carbocycles. The Balaban J connectivity index is 1.70. The first-order chi connectivity index (χ1) is 13.2. The molecular weight excluding hydrogens is 342 g/mol. The lowest BCUT2D eigenvalue weighted by Crippen LogP contribution is -2.03. The topological polar surface area (TPSA) is 57.5 Å². The van der Waals surface area contributed by atoms with Gasteiger partial charge in [-0.2, -0.15) is 0 Å². The van der Waals surface area contributed by atoms with E-state index in [1.54, 1.807) is 24.3 Å². The summed E-state index contributed by atoms with van der Waals surface area (Å²) in [6.07, 6.45) is 4.92. The van der Waals surface area contributed by atoms with Crippen LogP contribution in [0.15, 0.2) is 79.0 Å². The van der Waals surface area contributed by atoms with Gasteiger partial charge in [0.2, 0.25) is 0 Å². The van der Waals surface area contributed by atoms with Crippen LogP contribution in [0.5, 0.6) is 0 Å². The Kier molecular flexibility index (Phi) is 5.84. The van der Waals surface area contributed by atoms with Crippen LogP contribution < -0.4 is 0 Å². The number of carbonyl (C=O) groups excluding carboxylic acids is 2. The van der Waals surface area contributed by atoms with E-state index in [2.05, 4.69) is 0 Å². The van der Waals surface area contributed by atoms with E-state index < -0.39 is 11.9 Å². The molecule has 0 amide bonds. The van der Waals surface area contributed by atoms with Gasteiger partial charge in [-0.1, -0.05) is 36.4 Å². The first-order valence-corrected chi connectivity index (χ1v) is 8.42. The minimum absolute atomic E-state index is 0.228. The number of ether oxygens (including phenoxy) is 2. The molecule has 0 saturated heterocycles. The van der Waals surface area contributed by atoms with Gasteiger partial charge in [-0.15, -0.1) is 0 Å². The quantitative estimate of drug-likeness (QED) is 0.491. The van der Waals surface area contributed by atoms with Gasteiger partial charge in [-0.25, -0.2) is 9.59 Å². The van der Waals surface area contributed by atoms with Crippen molar-refractivity contribution in [2.24, 2.45) is 0 Å². The van der Waals surface area contributed by atoms with Crippen molar-refractivity contribution in [2.45, 2.75) is 6.61 Å². The Bertz CT molecular complexity index is 957. The zero-order valence-electron chi connectivity index (χ0n) is 14.9. The summed E-state index contributed by atoms with van der Waals surface area (Å²) >= 11 is 0. The average molecular weight is 361 g/mol. The molecule has 3 aromatic rings. The number of benzene rings is 2. The highest BCUT2D eigenvalue weighted by molar-refractivity contribution is 5.90. The van der Waals surface area contributed by atoms with E-state index in [9.17, 15) is 9.59 Å². The number of carbonyl (C=O) groups is 2. The monoisotopic (exact) mass is 361 g/mol. The molecule has 27 heavy (non-hydrogen) atoms. The third-order valence-corrected chi connectivity index (χ3v) is 3.94. The highest BCUT2D eigenvalue weighted by atomic mass is 16.5. The van der Waals surface area contributed by atoms with Crippen LogP contribution in [0.2, 0.25) is 0 Å². The van der Waals surface area contributed by atoms with Crippen LogP contribution in [0.4, 0.5) is 0 Å². The van der Waals surface area contributed by atoms with Gasteiger partial charge in [-0.3, -0.25) is 0 Å². The molecule has 0 atom stereocenters. The van der Waals surface area contributed by atoms with Crippen molar-refractivity contribution in [3.63, 3.8) is 0 Å². The van der Waals surface area contributed by atoms with Crippen molar-refractivity contribution in [3.8, 4) is 5.69 Å². The molecule has 0 radical (unpaired) electrons. The van der Waals surface area contributed by atoms with Gasteiger partial charge in [0, 0.05) is 23.7 Å². The standard InChI is InChI=1S/C22H19NO4/c1-26-22(25)18-9-5-10-20(15-18)23-14-6-11-19(23)12-13-21(24)27-16-17-7-3-2-4-8-17/h2-15H,16H2,1H3/b13-12+. The molecular formula is C22H19NO4. The van der Waals surface area contributed by atoms with Gasteiger partial charge < -0.3 is 14.0 Å². The van der Waals surface area contributed by atoms with Gasteiger partial charge in [0.1, 0.15) is 6.61 Å². The highest BCUT2D eigenvalue weighted by Gasteiger charge is 2.08. The molecule has 5 nitrogen and oxygen atoms in total. The summed E-state index contributed by atoms with van der Waals surface area (Å²) in [5.41, 5.74) is 2.97. The first-order valence-electron chi connectivity index (χ1n) is 8.42. The Morgan fingerprint density at radius 3 is 2.59 bits per heavy atom. The molecule has 2 aromatic carbocycles. The molecule has 1 heterocycles. The Labute approximate surface area is 157 Å². The van der Waals surface area contributed by atoms with Crippen LogP contribution >= 0.6 is 0 Å². The predicted molar refractivity (Wildman–Crippen MR) is 102 cm³/mol. The maximum Gasteiger partial charge on any atom is 0.337 e. The molecule has 0 aliphatic rings. The van der Waals surface area contributed by atoms with Crippen molar-refractivity contribution in [1.29, 1.82) is 0 Å². The predicted octanol–water partition coefficient (Wildman–Crippen LogP) is 4.02. The van der Waals surface area contributed by atoms with E-state index in [0.29, 0.717) is 5.56 Å². The Morgan fingerprint density at radius 2 is 1.81 bits per heavy atom. The zero-order valence-corrected chi connectivity index (χ0v) is 14.9. The summed E-state index contributed by atoms with van der Waals surface area (Å²) in [5.74, 6) is -0.819. The van der Waals surface area contributed by atoms with Gasteiger partial charge in [0.25, 0.3) is 0 Å². The molecule has 5 heteroatoms. The number of methoxy groups -OCH3 is 1. The second kappa shape index (κ2) is 8.67. The lowest BCUT2D eigenvalue weighted by atomic mass is 10.2. The fourth-order valence-corrected chi connectivity index (χ4v) is 2.60. The largest absolute Gasteiger partial charge is 0.465 e. The summed E-state index contributed by atoms with van der Waals surface area (Å²) in [6.45, 7) is 0.228. The number of hydrogen-bond acceptors (Lipinski definition) is 4. The van der Waals surface area contributed by atoms with Crippen molar-refractivity contribution in [1.82, 2.24) is 4.57 Å². The van der Waals surface area contributed by atoms with E-state index in [1.807, 2.05) is 59.3 Å². The average Bonchev–Trinajstić information content (AvgIpc) is 3.19. The first kappa shape index (κ1) is 18.2. The SMILES string of the molecule is COC(=O)c1cccc(-n2cccc2/C=C/C(=O)OCc2ccccc2)c1. The number of hydrogen-bond donors (Lipinski definition) is 0. The summed E-state index contributed by atoms with van der Waals surface area (Å²) in [5, 5.41) is 0. The molecule has 0 bridgehead atoms. The molecule has 0 fully saturated rings. The Morgan fingerprint density at radius 1 is 1.00 bits per heavy atom. The lowest BCUT2D eigenvalue weighted by Gasteiger charge is -2.08. The third-order valence-electron chi connectivity index (χ3n) is 3.94. The molecule has 1 aromatic heterocycles. The third kappa shape index (κ3) is 4.73. The summed E-state index contributed by atoms with van der Waals surface area (Å²) in [6, 6.07) is 20.3. The highest BCUT2D eigenvalue weighted by Crippen LogP contribution is 2.16. The van der Waals surface area contributed by atoms with Gasteiger partial charge in [-0.05, 0) is 42.0 Å². The van der Waals surface area contributed by atoms with Crippen molar-refractivity contribution < 1.29 is 19.1 Å². The minimum Gasteiger partial charge on any atom is -0.465 e. The molecule has 136 valence electrons. The fourth-order valence-electron chi connectivity index (χ4n) is 2.60. The summed E-state index contributed by atoms with van der Waals surface area (Å²) < 4.78 is 11.9. The van der Waals surface area contributed by atoms with E-state index in [1.165, 1.54) is 13.2 Å². The fraction of sp³-hybridized carbons (Fsp3) is 0.0909. The number of aromatic nitrogens is 1. The minimum atomic E-state index is -0.421. The van der Waals surface area contributed by atoms with Crippen LogP contribution in [0, 0.1) is 0 Å². The lowest BCUT2D eigenvalue weighted by molar-refractivity contribution is -0.138. The van der Waals surface area contributed by atoms with E-state index in [0.717, 1.165) is 16.9 Å². The van der Waals surface area contributed by atoms with Crippen LogP contribution in [0.3, 0.4) is 0 Å². The van der Waals surface area contributed by atoms with Gasteiger partial charge >= 0.3 is 11.9 Å². The van der Waals surface area contributed by atoms with Crippen molar-refractivity contribution >= 4 is 18.0 Å². The maximum absolute atomic E-state index is 12.0. The molecule has 0 spiro atoms. The maximum atomic E-state index is 12.0. The number of nitrogens with zero attached hydrogens (tertiary/aromatic N) is 1. The zero-order chi connectivity index (χ0) is 19.1. The summed E-state index contributed by atoms with van der Waals surface area (Å²) in [4.78, 5) is 23.7. The normalized spacial score (nSPS) is 10.7. The van der Waals surface area contributed by atoms with Crippen LogP contribution in [0.25, 0.3) is 11.8 Å². The van der Waals surface area contributed by atoms with Crippen molar-refractivity contribution in [2.75, 3.05) is 7.11 Å². The number of esters is 2. The van der Waals surface area contributed by atoms with E-state index in [4.69, 9.17) is 9.47 Å². The molecule has 0 saturated carbocycles. The van der Waals surface area contributed by atoms with Crippen LogP contribution in [0.1, 0.15) is 21.6 Å². The molecule has 0 N–H and O–H groups in total. The Hall–Kier alpha value is -3.60. The van der Waals surface area contributed by atoms with Gasteiger partial charge in [0.05, 0.1) is 12.7 Å². The van der Waals surface area contributed by atoms with Crippen LogP contribution in [-0.2, 0) is 20.9 Å². The summed E-state index contributed by atoms with van der Waals surface area (Å²) in [7, 11) is 1.35. The molecule has 0 unspecified atom stereocenters. The van der Waals surface area contributed by atoms with E-state index >= 15 is 0 Å². The second-order valence-corrected chi connectivity index (χ2v) is 5.77. The van der Waals surface area contributed by atoms with E-state index in [-0.39, 0.29) is 6.61 Å². The smallest absolute Gasteiger partial charge is 0.337 e. The van der Waals surface area contributed by atoms with Crippen LogP contribution in [-0.4, -0.2) is 23.6 Å². The second-order valence-electron chi connectivity index (χ2n) is 5.77. The van der Waals surface area contributed by atoms with Gasteiger partial charge in [0.15, 0.2) is 0 Å². The molecule has 3 rings (SSSR count). The number of rotatable bonds is 6. The molecule has 0 aliphatic heterocycles.